The first-order valence-electron chi connectivity index (χ1n) is 10.6. The maximum atomic E-state index is 12.5. The molecule has 2 N–H and O–H groups in total. The van der Waals surface area contributed by atoms with Gasteiger partial charge in [0.1, 0.15) is 0 Å². The Kier molecular flexibility index (Phi) is 7.42. The third-order valence-corrected chi connectivity index (χ3v) is 6.62. The van der Waals surface area contributed by atoms with Crippen LogP contribution >= 0.6 is 0 Å². The zero-order chi connectivity index (χ0) is 23.3. The lowest BCUT2D eigenvalue weighted by Crippen LogP contribution is -2.31. The normalized spacial score (nSPS) is 13.4. The van der Waals surface area contributed by atoms with E-state index in [-0.39, 0.29) is 35.6 Å². The van der Waals surface area contributed by atoms with Crippen LogP contribution in [0.1, 0.15) is 58.9 Å². The minimum Gasteiger partial charge on any atom is -0.326 e. The van der Waals surface area contributed by atoms with E-state index in [1.807, 2.05) is 13.8 Å². The van der Waals surface area contributed by atoms with E-state index < -0.39 is 10.0 Å². The number of sulfonamides is 1. The Hall–Kier alpha value is -3.04. The summed E-state index contributed by atoms with van der Waals surface area (Å²) in [7, 11) is -3.64. The van der Waals surface area contributed by atoms with Crippen LogP contribution in [0.15, 0.2) is 47.4 Å². The molecule has 2 aromatic rings. The molecule has 8 nitrogen and oxygen atoms in total. The van der Waals surface area contributed by atoms with E-state index in [4.69, 9.17) is 0 Å². The molecule has 0 saturated carbocycles. The number of nitrogens with zero attached hydrogens (tertiary/aromatic N) is 1. The molecular formula is C23H27N3O5S. The van der Waals surface area contributed by atoms with Gasteiger partial charge in [-0.2, -0.15) is 0 Å². The third-order valence-electron chi connectivity index (χ3n) is 5.16. The van der Waals surface area contributed by atoms with Crippen LogP contribution < -0.4 is 10.0 Å². The number of anilines is 1. The van der Waals surface area contributed by atoms with Crippen molar-refractivity contribution < 1.29 is 22.8 Å². The average molecular weight is 458 g/mol. The number of hydrogen-bond donors (Lipinski definition) is 2. The molecule has 0 aliphatic carbocycles. The van der Waals surface area contributed by atoms with Crippen molar-refractivity contribution in [3.05, 3.63) is 59.2 Å². The van der Waals surface area contributed by atoms with Crippen LogP contribution in [-0.4, -0.2) is 44.1 Å². The van der Waals surface area contributed by atoms with Crippen molar-refractivity contribution in [3.63, 3.8) is 0 Å². The minimum absolute atomic E-state index is 0.0766. The second-order valence-corrected chi connectivity index (χ2v) is 9.51. The topological polar surface area (TPSA) is 113 Å². The van der Waals surface area contributed by atoms with Gasteiger partial charge in [-0.3, -0.25) is 19.3 Å². The van der Waals surface area contributed by atoms with E-state index in [9.17, 15) is 22.8 Å². The molecule has 0 bridgehead atoms. The Morgan fingerprint density at radius 2 is 1.75 bits per heavy atom. The fourth-order valence-corrected chi connectivity index (χ4v) is 4.56. The molecule has 0 aromatic heterocycles. The molecule has 1 aliphatic rings. The van der Waals surface area contributed by atoms with Gasteiger partial charge >= 0.3 is 0 Å². The van der Waals surface area contributed by atoms with Crippen molar-refractivity contribution in [2.75, 3.05) is 18.4 Å². The molecule has 0 spiro atoms. The lowest BCUT2D eigenvalue weighted by Gasteiger charge is -2.13. The highest BCUT2D eigenvalue weighted by Gasteiger charge is 2.34. The third kappa shape index (κ3) is 5.41. The van der Waals surface area contributed by atoms with Crippen molar-refractivity contribution in [1.82, 2.24) is 9.62 Å². The van der Waals surface area contributed by atoms with Crippen molar-refractivity contribution in [3.8, 4) is 0 Å². The maximum Gasteiger partial charge on any atom is 0.261 e. The molecule has 3 rings (SSSR count). The van der Waals surface area contributed by atoms with E-state index in [0.717, 1.165) is 23.3 Å². The van der Waals surface area contributed by atoms with Gasteiger partial charge < -0.3 is 5.32 Å². The van der Waals surface area contributed by atoms with Crippen molar-refractivity contribution in [1.29, 1.82) is 0 Å². The van der Waals surface area contributed by atoms with Gasteiger partial charge in [0.2, 0.25) is 15.9 Å². The lowest BCUT2D eigenvalue weighted by atomic mass is 10.1. The first-order valence-corrected chi connectivity index (χ1v) is 12.1. The first kappa shape index (κ1) is 23.6. The van der Waals surface area contributed by atoms with Crippen molar-refractivity contribution >= 4 is 33.4 Å². The summed E-state index contributed by atoms with van der Waals surface area (Å²) in [6.45, 7) is 4.31. The van der Waals surface area contributed by atoms with E-state index in [0.29, 0.717) is 29.8 Å². The maximum absolute atomic E-state index is 12.5. The highest BCUT2D eigenvalue weighted by Crippen LogP contribution is 2.24. The number of nitrogens with one attached hydrogen (secondary N) is 2. The second-order valence-electron chi connectivity index (χ2n) is 7.74. The summed E-state index contributed by atoms with van der Waals surface area (Å²) in [4.78, 5) is 38.5. The zero-order valence-electron chi connectivity index (χ0n) is 18.2. The van der Waals surface area contributed by atoms with Gasteiger partial charge in [0.25, 0.3) is 11.8 Å². The van der Waals surface area contributed by atoms with Crippen LogP contribution in [0.5, 0.6) is 0 Å². The summed E-state index contributed by atoms with van der Waals surface area (Å²) in [5.74, 6) is -1.02. The molecule has 32 heavy (non-hydrogen) atoms. The number of carbonyl (C=O) groups is 3. The second kappa shape index (κ2) is 10.1. The quantitative estimate of drug-likeness (QED) is 0.421. The molecule has 0 radical (unpaired) electrons. The fourth-order valence-electron chi connectivity index (χ4n) is 3.44. The monoisotopic (exact) mass is 457 g/mol. The predicted molar refractivity (Wildman–Crippen MR) is 121 cm³/mol. The van der Waals surface area contributed by atoms with E-state index in [2.05, 4.69) is 10.0 Å². The summed E-state index contributed by atoms with van der Waals surface area (Å²) in [6.07, 6.45) is 1.99. The predicted octanol–water partition coefficient (Wildman–Crippen LogP) is 3.09. The van der Waals surface area contributed by atoms with Crippen LogP contribution in [0, 0.1) is 6.92 Å². The van der Waals surface area contributed by atoms with Gasteiger partial charge in [-0.25, -0.2) is 13.1 Å². The number of fused-ring (bicyclic) bond motifs is 1. The lowest BCUT2D eigenvalue weighted by molar-refractivity contribution is -0.116. The zero-order valence-corrected chi connectivity index (χ0v) is 19.0. The Morgan fingerprint density at radius 3 is 2.50 bits per heavy atom. The molecule has 0 saturated heterocycles. The molecule has 1 heterocycles. The van der Waals surface area contributed by atoms with Gasteiger partial charge in [0.05, 0.1) is 16.0 Å². The molecular weight excluding hydrogens is 430 g/mol. The Bertz CT molecular complexity index is 1140. The van der Waals surface area contributed by atoms with Gasteiger partial charge in [-0.1, -0.05) is 31.0 Å². The van der Waals surface area contributed by atoms with Crippen LogP contribution in [0.3, 0.4) is 0 Å². The van der Waals surface area contributed by atoms with E-state index in [1.165, 1.54) is 12.1 Å². The standard InChI is InChI=1S/C23H27N3O5S/c1-3-4-12-24-32(30,31)18-8-5-7-17(15-18)25-21(27)9-6-13-26-22(28)19-11-10-16(2)14-20(19)23(26)29/h5,7-8,10-11,14-15,24H,3-4,6,9,12-13H2,1-2H3,(H,25,27). The number of rotatable bonds is 10. The van der Waals surface area contributed by atoms with Crippen LogP contribution in [0.25, 0.3) is 0 Å². The molecule has 0 atom stereocenters. The average Bonchev–Trinajstić information content (AvgIpc) is 2.98. The number of amides is 3. The molecule has 0 fully saturated rings. The van der Waals surface area contributed by atoms with Gasteiger partial charge in [0, 0.05) is 25.2 Å². The largest absolute Gasteiger partial charge is 0.326 e. The number of carbonyl (C=O) groups excluding carboxylic acids is 3. The number of unbranched alkanes of at least 4 members (excludes halogenated alkanes) is 1. The SMILES string of the molecule is CCCCNS(=O)(=O)c1cccc(NC(=O)CCCN2C(=O)c3ccc(C)cc3C2=O)c1. The molecule has 1 aliphatic heterocycles. The molecule has 9 heteroatoms. The Balaban J connectivity index is 1.54. The number of benzene rings is 2. The van der Waals surface area contributed by atoms with Crippen molar-refractivity contribution in [2.45, 2.75) is 44.4 Å². The summed E-state index contributed by atoms with van der Waals surface area (Å²) in [5.41, 5.74) is 2.04. The summed E-state index contributed by atoms with van der Waals surface area (Å²) < 4.78 is 27.2. The van der Waals surface area contributed by atoms with Gasteiger partial charge in [-0.05, 0) is 50.1 Å². The van der Waals surface area contributed by atoms with E-state index >= 15 is 0 Å². The van der Waals surface area contributed by atoms with Gasteiger partial charge in [0.15, 0.2) is 0 Å². The van der Waals surface area contributed by atoms with Crippen LogP contribution in [0.4, 0.5) is 5.69 Å². The number of hydrogen-bond acceptors (Lipinski definition) is 5. The molecule has 0 unspecified atom stereocenters. The Labute approximate surface area is 188 Å². The smallest absolute Gasteiger partial charge is 0.261 e. The minimum atomic E-state index is -3.64. The first-order chi connectivity index (χ1) is 15.2. The van der Waals surface area contributed by atoms with Crippen molar-refractivity contribution in [2.24, 2.45) is 0 Å². The molecule has 2 aromatic carbocycles. The highest BCUT2D eigenvalue weighted by atomic mass is 32.2. The summed E-state index contributed by atoms with van der Waals surface area (Å²) in [6, 6.07) is 11.2. The Morgan fingerprint density at radius 1 is 1.00 bits per heavy atom. The number of imide groups is 1. The van der Waals surface area contributed by atoms with Gasteiger partial charge in [-0.15, -0.1) is 0 Å². The highest BCUT2D eigenvalue weighted by molar-refractivity contribution is 7.89. The van der Waals surface area contributed by atoms with Crippen LogP contribution in [-0.2, 0) is 14.8 Å². The van der Waals surface area contributed by atoms with E-state index in [1.54, 1.807) is 30.3 Å². The summed E-state index contributed by atoms with van der Waals surface area (Å²) >= 11 is 0. The molecule has 170 valence electrons. The fraction of sp³-hybridized carbons (Fsp3) is 0.348. The summed E-state index contributed by atoms with van der Waals surface area (Å²) in [5, 5.41) is 2.67. The number of aryl methyl sites for hydroxylation is 1. The molecule has 3 amide bonds. The van der Waals surface area contributed by atoms with Crippen LogP contribution in [0.2, 0.25) is 0 Å².